The predicted octanol–water partition coefficient (Wildman–Crippen LogP) is 3.78. The van der Waals surface area contributed by atoms with Gasteiger partial charge in [0.25, 0.3) is 11.6 Å². The van der Waals surface area contributed by atoms with E-state index >= 15 is 0 Å². The lowest BCUT2D eigenvalue weighted by Crippen LogP contribution is -2.35. The fraction of sp³-hybridized carbons (Fsp3) is 0.278. The van der Waals surface area contributed by atoms with Gasteiger partial charge < -0.3 is 5.32 Å². The van der Waals surface area contributed by atoms with Crippen molar-refractivity contribution in [2.24, 2.45) is 0 Å². The quantitative estimate of drug-likeness (QED) is 0.531. The van der Waals surface area contributed by atoms with Crippen molar-refractivity contribution in [2.45, 2.75) is 24.2 Å². The maximum absolute atomic E-state index is 12.8. The van der Waals surface area contributed by atoms with Gasteiger partial charge in [0, 0.05) is 30.4 Å². The van der Waals surface area contributed by atoms with Crippen LogP contribution in [0.4, 0.5) is 11.4 Å². The minimum absolute atomic E-state index is 0.0965. The van der Waals surface area contributed by atoms with Crippen LogP contribution in [0.25, 0.3) is 0 Å². The second-order valence-electron chi connectivity index (χ2n) is 6.37. The highest BCUT2D eigenvalue weighted by Gasteiger charge is 2.26. The Morgan fingerprint density at radius 2 is 1.82 bits per heavy atom. The van der Waals surface area contributed by atoms with Crippen molar-refractivity contribution < 1.29 is 18.1 Å². The topological polar surface area (TPSA) is 110 Å². The number of nitro benzene ring substituents is 1. The Bertz CT molecular complexity index is 1020. The molecule has 1 fully saturated rings. The van der Waals surface area contributed by atoms with Gasteiger partial charge in [0.2, 0.25) is 10.0 Å². The standard InChI is InChI=1S/C18H18BrN3O5S/c19-16-8-7-13(11-17(16)22(24)25)18(23)20-14-5-4-6-15(12-14)28(26,27)21-9-2-1-3-10-21/h4-8,11-12H,1-3,9-10H2,(H,20,23). The first kappa shape index (κ1) is 20.4. The normalized spacial score (nSPS) is 15.2. The van der Waals surface area contributed by atoms with Crippen LogP contribution in [-0.2, 0) is 10.0 Å². The highest BCUT2D eigenvalue weighted by molar-refractivity contribution is 9.10. The Morgan fingerprint density at radius 1 is 1.11 bits per heavy atom. The van der Waals surface area contributed by atoms with Gasteiger partial charge in [-0.1, -0.05) is 12.5 Å². The van der Waals surface area contributed by atoms with Gasteiger partial charge in [-0.05, 0) is 59.1 Å². The van der Waals surface area contributed by atoms with Crippen molar-refractivity contribution in [3.05, 3.63) is 62.6 Å². The molecule has 1 aliphatic rings. The lowest BCUT2D eigenvalue weighted by atomic mass is 10.2. The van der Waals surface area contributed by atoms with Gasteiger partial charge in [-0.2, -0.15) is 4.31 Å². The summed E-state index contributed by atoms with van der Waals surface area (Å²) in [6, 6.07) is 10.0. The molecule has 10 heteroatoms. The van der Waals surface area contributed by atoms with Gasteiger partial charge in [0.1, 0.15) is 0 Å². The molecule has 28 heavy (non-hydrogen) atoms. The second-order valence-corrected chi connectivity index (χ2v) is 9.16. The number of nitrogens with one attached hydrogen (secondary N) is 1. The Hall–Kier alpha value is -2.30. The van der Waals surface area contributed by atoms with Crippen LogP contribution < -0.4 is 5.32 Å². The van der Waals surface area contributed by atoms with Crippen LogP contribution >= 0.6 is 15.9 Å². The number of amides is 1. The molecule has 0 spiro atoms. The summed E-state index contributed by atoms with van der Waals surface area (Å²) in [5.41, 5.74) is 0.168. The van der Waals surface area contributed by atoms with Crippen LogP contribution in [0.2, 0.25) is 0 Å². The third-order valence-corrected chi connectivity index (χ3v) is 7.01. The molecular formula is C18H18BrN3O5S. The zero-order valence-corrected chi connectivity index (χ0v) is 17.2. The summed E-state index contributed by atoms with van der Waals surface area (Å²) in [7, 11) is -3.62. The molecule has 0 atom stereocenters. The Morgan fingerprint density at radius 3 is 2.50 bits per heavy atom. The Labute approximate surface area is 170 Å². The summed E-state index contributed by atoms with van der Waals surface area (Å²) < 4.78 is 27.3. The van der Waals surface area contributed by atoms with Crippen molar-refractivity contribution >= 4 is 43.2 Å². The molecule has 1 amide bonds. The number of benzene rings is 2. The van der Waals surface area contributed by atoms with Gasteiger partial charge in [-0.3, -0.25) is 14.9 Å². The number of rotatable bonds is 5. The van der Waals surface area contributed by atoms with Crippen molar-refractivity contribution in [3.8, 4) is 0 Å². The number of hydrogen-bond acceptors (Lipinski definition) is 5. The first-order valence-corrected chi connectivity index (χ1v) is 10.9. The fourth-order valence-electron chi connectivity index (χ4n) is 2.99. The average molecular weight is 468 g/mol. The van der Waals surface area contributed by atoms with E-state index in [1.165, 1.54) is 28.6 Å². The number of carbonyl (C=O) groups is 1. The van der Waals surface area contributed by atoms with Gasteiger partial charge >= 0.3 is 0 Å². The van der Waals surface area contributed by atoms with Crippen molar-refractivity contribution in [2.75, 3.05) is 18.4 Å². The highest BCUT2D eigenvalue weighted by Crippen LogP contribution is 2.27. The molecule has 0 unspecified atom stereocenters. The first-order chi connectivity index (χ1) is 13.3. The first-order valence-electron chi connectivity index (χ1n) is 8.64. The van der Waals surface area contributed by atoms with E-state index in [1.807, 2.05) is 0 Å². The van der Waals surface area contributed by atoms with Crippen LogP contribution in [0.1, 0.15) is 29.6 Å². The van der Waals surface area contributed by atoms with Crippen LogP contribution in [0.5, 0.6) is 0 Å². The zero-order chi connectivity index (χ0) is 20.3. The fourth-order valence-corrected chi connectivity index (χ4v) is 4.94. The van der Waals surface area contributed by atoms with Crippen molar-refractivity contribution in [1.29, 1.82) is 0 Å². The number of halogens is 1. The SMILES string of the molecule is O=C(Nc1cccc(S(=O)(=O)N2CCCCC2)c1)c1ccc(Br)c([N+](=O)[O-])c1. The molecule has 0 bridgehead atoms. The number of anilines is 1. The number of carbonyl (C=O) groups excluding carboxylic acids is 1. The van der Waals surface area contributed by atoms with Crippen LogP contribution in [0.15, 0.2) is 51.8 Å². The van der Waals surface area contributed by atoms with E-state index in [2.05, 4.69) is 21.2 Å². The minimum Gasteiger partial charge on any atom is -0.322 e. The number of piperidine rings is 1. The van der Waals surface area contributed by atoms with E-state index in [0.717, 1.165) is 25.3 Å². The molecule has 2 aromatic rings. The monoisotopic (exact) mass is 467 g/mol. The molecule has 0 radical (unpaired) electrons. The zero-order valence-electron chi connectivity index (χ0n) is 14.8. The number of hydrogen-bond donors (Lipinski definition) is 1. The summed E-state index contributed by atoms with van der Waals surface area (Å²) in [5.74, 6) is -0.567. The number of nitro groups is 1. The molecule has 8 nitrogen and oxygen atoms in total. The maximum atomic E-state index is 12.8. The number of sulfonamides is 1. The largest absolute Gasteiger partial charge is 0.322 e. The molecule has 1 aliphatic heterocycles. The van der Waals surface area contributed by atoms with Crippen molar-refractivity contribution in [1.82, 2.24) is 4.31 Å². The summed E-state index contributed by atoms with van der Waals surface area (Å²) in [6.07, 6.45) is 2.68. The molecule has 2 aromatic carbocycles. The highest BCUT2D eigenvalue weighted by atomic mass is 79.9. The summed E-state index contributed by atoms with van der Waals surface area (Å²) in [4.78, 5) is 23.0. The average Bonchev–Trinajstić information content (AvgIpc) is 2.69. The molecule has 0 aromatic heterocycles. The molecule has 1 N–H and O–H groups in total. The van der Waals surface area contributed by atoms with E-state index in [0.29, 0.717) is 18.8 Å². The smallest absolute Gasteiger partial charge is 0.284 e. The maximum Gasteiger partial charge on any atom is 0.284 e. The lowest BCUT2D eigenvalue weighted by molar-refractivity contribution is -0.385. The predicted molar refractivity (Wildman–Crippen MR) is 108 cm³/mol. The van der Waals surface area contributed by atoms with Crippen LogP contribution in [0, 0.1) is 10.1 Å². The summed E-state index contributed by atoms with van der Waals surface area (Å²) in [6.45, 7) is 0.975. The minimum atomic E-state index is -3.62. The third kappa shape index (κ3) is 4.40. The van der Waals surface area contributed by atoms with Crippen LogP contribution in [-0.4, -0.2) is 36.6 Å². The number of nitrogens with zero attached hydrogens (tertiary/aromatic N) is 2. The molecule has 148 valence electrons. The lowest BCUT2D eigenvalue weighted by Gasteiger charge is -2.26. The Kier molecular flexibility index (Phi) is 6.11. The third-order valence-electron chi connectivity index (χ3n) is 4.45. The van der Waals surface area contributed by atoms with Gasteiger partial charge in [-0.15, -0.1) is 0 Å². The van der Waals surface area contributed by atoms with Crippen molar-refractivity contribution in [3.63, 3.8) is 0 Å². The molecule has 3 rings (SSSR count). The van der Waals surface area contributed by atoms with E-state index in [9.17, 15) is 23.3 Å². The molecule has 1 saturated heterocycles. The van der Waals surface area contributed by atoms with E-state index < -0.39 is 20.9 Å². The van der Waals surface area contributed by atoms with Crippen LogP contribution in [0.3, 0.4) is 0 Å². The van der Waals surface area contributed by atoms with Gasteiger partial charge in [0.05, 0.1) is 14.3 Å². The van der Waals surface area contributed by atoms with E-state index in [4.69, 9.17) is 0 Å². The van der Waals surface area contributed by atoms with Gasteiger partial charge in [0.15, 0.2) is 0 Å². The molecular weight excluding hydrogens is 450 g/mol. The summed E-state index contributed by atoms with van der Waals surface area (Å²) >= 11 is 3.07. The second kappa shape index (κ2) is 8.38. The van der Waals surface area contributed by atoms with Gasteiger partial charge in [-0.25, -0.2) is 8.42 Å². The summed E-state index contributed by atoms with van der Waals surface area (Å²) in [5, 5.41) is 13.6. The molecule has 0 saturated carbocycles. The van der Waals surface area contributed by atoms with E-state index in [1.54, 1.807) is 12.1 Å². The molecule has 0 aliphatic carbocycles. The Balaban J connectivity index is 1.82. The van der Waals surface area contributed by atoms with E-state index in [-0.39, 0.29) is 20.6 Å². The molecule has 1 heterocycles.